The zero-order valence-electron chi connectivity index (χ0n) is 11.7. The molecular formula is C13H14N2O6S. The summed E-state index contributed by atoms with van der Waals surface area (Å²) in [6.07, 6.45) is 0.868. The van der Waals surface area contributed by atoms with Gasteiger partial charge in [-0.3, -0.25) is 14.3 Å². The van der Waals surface area contributed by atoms with E-state index in [1.807, 2.05) is 4.72 Å². The molecule has 2 aliphatic rings. The van der Waals surface area contributed by atoms with Gasteiger partial charge in [0, 0.05) is 24.7 Å². The molecule has 2 aliphatic heterocycles. The molecule has 0 radical (unpaired) electrons. The minimum Gasteiger partial charge on any atom is -0.454 e. The fourth-order valence-corrected chi connectivity index (χ4v) is 2.98. The molecule has 22 heavy (non-hydrogen) atoms. The lowest BCUT2D eigenvalue weighted by Crippen LogP contribution is -2.36. The molecule has 1 aromatic carbocycles. The van der Waals surface area contributed by atoms with Crippen molar-refractivity contribution in [2.45, 2.75) is 6.42 Å². The molecule has 1 atom stereocenters. The molecule has 1 aromatic rings. The summed E-state index contributed by atoms with van der Waals surface area (Å²) in [5.74, 6) is -0.477. The molecule has 1 fully saturated rings. The SMILES string of the molecule is CS(=O)(=O)NC(=O)C1CC(=O)N(c2ccc3c(c2)OCO3)C1. The van der Waals surface area contributed by atoms with Crippen LogP contribution in [0, 0.1) is 5.92 Å². The molecular weight excluding hydrogens is 312 g/mol. The molecule has 9 heteroatoms. The summed E-state index contributed by atoms with van der Waals surface area (Å²) in [6.45, 7) is 0.256. The fraction of sp³-hybridized carbons (Fsp3) is 0.385. The summed E-state index contributed by atoms with van der Waals surface area (Å²) in [4.78, 5) is 25.4. The number of anilines is 1. The largest absolute Gasteiger partial charge is 0.454 e. The summed E-state index contributed by atoms with van der Waals surface area (Å²) >= 11 is 0. The highest BCUT2D eigenvalue weighted by atomic mass is 32.2. The number of rotatable bonds is 3. The average Bonchev–Trinajstić information content (AvgIpc) is 3.01. The van der Waals surface area contributed by atoms with Gasteiger partial charge < -0.3 is 14.4 Å². The first kappa shape index (κ1) is 14.6. The van der Waals surface area contributed by atoms with Crippen molar-refractivity contribution in [3.05, 3.63) is 18.2 Å². The van der Waals surface area contributed by atoms with Crippen molar-refractivity contribution < 1.29 is 27.5 Å². The first-order valence-electron chi connectivity index (χ1n) is 6.55. The first-order chi connectivity index (χ1) is 10.3. The third-order valence-electron chi connectivity index (χ3n) is 3.45. The van der Waals surface area contributed by atoms with Crippen LogP contribution in [0.15, 0.2) is 18.2 Å². The van der Waals surface area contributed by atoms with E-state index in [1.54, 1.807) is 18.2 Å². The quantitative estimate of drug-likeness (QED) is 0.828. The van der Waals surface area contributed by atoms with Gasteiger partial charge in [-0.25, -0.2) is 8.42 Å². The monoisotopic (exact) mass is 326 g/mol. The van der Waals surface area contributed by atoms with Crippen LogP contribution in [0.4, 0.5) is 5.69 Å². The standard InChI is InChI=1S/C13H14N2O6S/c1-22(18,19)14-13(17)8-4-12(16)15(6-8)9-2-3-10-11(5-9)21-7-20-10/h2-3,5,8H,4,6-7H2,1H3,(H,14,17). The Labute approximate surface area is 127 Å². The predicted molar refractivity (Wildman–Crippen MR) is 76.0 cm³/mol. The van der Waals surface area contributed by atoms with E-state index in [2.05, 4.69) is 0 Å². The van der Waals surface area contributed by atoms with Crippen LogP contribution in [-0.2, 0) is 19.6 Å². The number of hydrogen-bond donors (Lipinski definition) is 1. The van der Waals surface area contributed by atoms with Gasteiger partial charge in [0.05, 0.1) is 12.2 Å². The van der Waals surface area contributed by atoms with Crippen LogP contribution >= 0.6 is 0 Å². The van der Waals surface area contributed by atoms with E-state index in [1.165, 1.54) is 4.90 Å². The molecule has 1 unspecified atom stereocenters. The second-order valence-corrected chi connectivity index (χ2v) is 6.93. The van der Waals surface area contributed by atoms with Gasteiger partial charge >= 0.3 is 0 Å². The van der Waals surface area contributed by atoms with Crippen molar-refractivity contribution in [2.24, 2.45) is 5.92 Å². The van der Waals surface area contributed by atoms with Gasteiger partial charge in [-0.2, -0.15) is 0 Å². The van der Waals surface area contributed by atoms with Gasteiger partial charge in [0.25, 0.3) is 0 Å². The van der Waals surface area contributed by atoms with Crippen LogP contribution in [0.2, 0.25) is 0 Å². The summed E-state index contributed by atoms with van der Waals surface area (Å²) in [5, 5.41) is 0. The fourth-order valence-electron chi connectivity index (χ4n) is 2.45. The number of carbonyl (C=O) groups excluding carboxylic acids is 2. The van der Waals surface area contributed by atoms with Gasteiger partial charge in [0.15, 0.2) is 11.5 Å². The number of fused-ring (bicyclic) bond motifs is 1. The average molecular weight is 326 g/mol. The Hall–Kier alpha value is -2.29. The summed E-state index contributed by atoms with van der Waals surface area (Å²) < 4.78 is 34.6. The maximum atomic E-state index is 12.1. The highest BCUT2D eigenvalue weighted by Crippen LogP contribution is 2.37. The molecule has 3 rings (SSSR count). The Balaban J connectivity index is 1.76. The highest BCUT2D eigenvalue weighted by Gasteiger charge is 2.36. The van der Waals surface area contributed by atoms with E-state index in [4.69, 9.17) is 9.47 Å². The van der Waals surface area contributed by atoms with Gasteiger partial charge in [-0.1, -0.05) is 0 Å². The molecule has 0 bridgehead atoms. The number of benzene rings is 1. The Morgan fingerprint density at radius 3 is 2.77 bits per heavy atom. The number of carbonyl (C=O) groups is 2. The number of amides is 2. The van der Waals surface area contributed by atoms with Crippen molar-refractivity contribution in [1.82, 2.24) is 4.72 Å². The second-order valence-electron chi connectivity index (χ2n) is 5.18. The summed E-state index contributed by atoms with van der Waals surface area (Å²) in [5.41, 5.74) is 0.587. The lowest BCUT2D eigenvalue weighted by atomic mass is 10.1. The van der Waals surface area contributed by atoms with Gasteiger partial charge in [0.1, 0.15) is 0 Å². The number of ether oxygens (including phenoxy) is 2. The first-order valence-corrected chi connectivity index (χ1v) is 8.44. The van der Waals surface area contributed by atoms with Gasteiger partial charge in [-0.05, 0) is 12.1 Å². The third-order valence-corrected chi connectivity index (χ3v) is 4.02. The molecule has 0 spiro atoms. The van der Waals surface area contributed by atoms with Crippen molar-refractivity contribution >= 4 is 27.5 Å². The minimum atomic E-state index is -3.63. The van der Waals surface area contributed by atoms with Crippen molar-refractivity contribution in [3.8, 4) is 11.5 Å². The van der Waals surface area contributed by atoms with E-state index >= 15 is 0 Å². The summed E-state index contributed by atoms with van der Waals surface area (Å²) in [6, 6.07) is 5.05. The Kier molecular flexibility index (Phi) is 3.44. The molecule has 1 saturated heterocycles. The maximum absolute atomic E-state index is 12.1. The van der Waals surface area contributed by atoms with E-state index < -0.39 is 21.8 Å². The van der Waals surface area contributed by atoms with Crippen molar-refractivity contribution in [1.29, 1.82) is 0 Å². The highest BCUT2D eigenvalue weighted by molar-refractivity contribution is 7.89. The normalized spacial score (nSPS) is 20.3. The minimum absolute atomic E-state index is 0.0319. The van der Waals surface area contributed by atoms with E-state index in [0.29, 0.717) is 17.2 Å². The Morgan fingerprint density at radius 1 is 1.32 bits per heavy atom. The van der Waals surface area contributed by atoms with Gasteiger partial charge in [0.2, 0.25) is 28.6 Å². The number of nitrogens with one attached hydrogen (secondary N) is 1. The second kappa shape index (κ2) is 5.16. The van der Waals surface area contributed by atoms with E-state index in [-0.39, 0.29) is 25.7 Å². The molecule has 0 saturated carbocycles. The van der Waals surface area contributed by atoms with Crippen LogP contribution in [-0.4, -0.2) is 39.8 Å². The molecule has 0 aliphatic carbocycles. The molecule has 0 aromatic heterocycles. The Morgan fingerprint density at radius 2 is 2.05 bits per heavy atom. The predicted octanol–water partition coefficient (Wildman–Crippen LogP) is -0.156. The topological polar surface area (TPSA) is 102 Å². The van der Waals surface area contributed by atoms with E-state index in [9.17, 15) is 18.0 Å². The Bertz CT molecular complexity index is 745. The van der Waals surface area contributed by atoms with Crippen molar-refractivity contribution in [2.75, 3.05) is 24.5 Å². The third kappa shape index (κ3) is 2.84. The number of sulfonamides is 1. The maximum Gasteiger partial charge on any atom is 0.238 e. The smallest absolute Gasteiger partial charge is 0.238 e. The number of hydrogen-bond acceptors (Lipinski definition) is 6. The summed E-state index contributed by atoms with van der Waals surface area (Å²) in [7, 11) is -3.63. The zero-order valence-corrected chi connectivity index (χ0v) is 12.6. The molecule has 2 heterocycles. The van der Waals surface area contributed by atoms with Crippen LogP contribution < -0.4 is 19.1 Å². The molecule has 8 nitrogen and oxygen atoms in total. The lowest BCUT2D eigenvalue weighted by Gasteiger charge is -2.17. The zero-order chi connectivity index (χ0) is 15.9. The molecule has 1 N–H and O–H groups in total. The van der Waals surface area contributed by atoms with Gasteiger partial charge in [-0.15, -0.1) is 0 Å². The van der Waals surface area contributed by atoms with Crippen LogP contribution in [0.5, 0.6) is 11.5 Å². The molecule has 2 amide bonds. The number of nitrogens with zero attached hydrogens (tertiary/aromatic N) is 1. The van der Waals surface area contributed by atoms with Crippen LogP contribution in [0.25, 0.3) is 0 Å². The van der Waals surface area contributed by atoms with Crippen LogP contribution in [0.1, 0.15) is 6.42 Å². The van der Waals surface area contributed by atoms with Crippen LogP contribution in [0.3, 0.4) is 0 Å². The molecule has 118 valence electrons. The van der Waals surface area contributed by atoms with Crippen molar-refractivity contribution in [3.63, 3.8) is 0 Å². The van der Waals surface area contributed by atoms with E-state index in [0.717, 1.165) is 6.26 Å². The lowest BCUT2D eigenvalue weighted by molar-refractivity contribution is -0.124.